The van der Waals surface area contributed by atoms with Gasteiger partial charge in [-0.25, -0.2) is 0 Å². The summed E-state index contributed by atoms with van der Waals surface area (Å²) in [7, 11) is 0. The zero-order chi connectivity index (χ0) is 14.8. The van der Waals surface area contributed by atoms with Crippen LogP contribution in [0.2, 0.25) is 0 Å². The zero-order valence-electron chi connectivity index (χ0n) is 12.8. The molecule has 112 valence electrons. The molecule has 0 saturated heterocycles. The summed E-state index contributed by atoms with van der Waals surface area (Å²) in [6.45, 7) is 4.99. The molecule has 2 heteroatoms. The Morgan fingerprint density at radius 2 is 1.76 bits per heavy atom. The lowest BCUT2D eigenvalue weighted by Crippen LogP contribution is -2.19. The summed E-state index contributed by atoms with van der Waals surface area (Å²) < 4.78 is 5.73. The Kier molecular flexibility index (Phi) is 6.82. The minimum Gasteiger partial charge on any atom is -0.494 e. The van der Waals surface area contributed by atoms with Gasteiger partial charge in [0.2, 0.25) is 0 Å². The summed E-state index contributed by atoms with van der Waals surface area (Å²) in [5, 5.41) is 3.49. The number of hydrogen-bond acceptors (Lipinski definition) is 2. The lowest BCUT2D eigenvalue weighted by Gasteiger charge is -2.07. The molecule has 1 N–H and O–H groups in total. The van der Waals surface area contributed by atoms with Gasteiger partial charge in [-0.3, -0.25) is 0 Å². The Labute approximate surface area is 128 Å². The molecule has 0 aliphatic carbocycles. The van der Waals surface area contributed by atoms with Crippen molar-refractivity contribution in [1.82, 2.24) is 5.32 Å². The first-order valence-corrected chi connectivity index (χ1v) is 7.79. The summed E-state index contributed by atoms with van der Waals surface area (Å²) in [4.78, 5) is 0. The van der Waals surface area contributed by atoms with E-state index < -0.39 is 0 Å². The fraction of sp³-hybridized carbons (Fsp3) is 0.368. The molecule has 2 aromatic rings. The van der Waals surface area contributed by atoms with Crippen LogP contribution in [-0.4, -0.2) is 19.7 Å². The standard InChI is InChI=1S/C19H25NO/c1-17-8-7-11-19(16-17)21-15-6-5-13-20-14-12-18-9-3-2-4-10-18/h2-4,7-11,16,20H,5-6,12-15H2,1H3. The van der Waals surface area contributed by atoms with E-state index in [0.717, 1.165) is 44.7 Å². The number of nitrogens with one attached hydrogen (secondary N) is 1. The monoisotopic (exact) mass is 283 g/mol. The molecule has 21 heavy (non-hydrogen) atoms. The molecule has 0 aromatic heterocycles. The van der Waals surface area contributed by atoms with Gasteiger partial charge in [-0.05, 0) is 62.5 Å². The normalized spacial score (nSPS) is 10.5. The Hall–Kier alpha value is -1.80. The van der Waals surface area contributed by atoms with Crippen LogP contribution in [0, 0.1) is 6.92 Å². The van der Waals surface area contributed by atoms with E-state index in [0.29, 0.717) is 0 Å². The highest BCUT2D eigenvalue weighted by molar-refractivity contribution is 5.27. The molecule has 0 unspecified atom stereocenters. The first-order chi connectivity index (χ1) is 10.3. The van der Waals surface area contributed by atoms with Crippen molar-refractivity contribution >= 4 is 0 Å². The Balaban J connectivity index is 1.47. The molecule has 0 spiro atoms. The van der Waals surface area contributed by atoms with Gasteiger partial charge in [-0.15, -0.1) is 0 Å². The second-order valence-corrected chi connectivity index (χ2v) is 5.36. The van der Waals surface area contributed by atoms with Crippen LogP contribution in [0.25, 0.3) is 0 Å². The van der Waals surface area contributed by atoms with Crippen LogP contribution in [0.5, 0.6) is 5.75 Å². The van der Waals surface area contributed by atoms with Gasteiger partial charge in [-0.2, -0.15) is 0 Å². The van der Waals surface area contributed by atoms with E-state index >= 15 is 0 Å². The summed E-state index contributed by atoms with van der Waals surface area (Å²) >= 11 is 0. The molecular formula is C19H25NO. The third-order valence-corrected chi connectivity index (χ3v) is 3.44. The molecule has 0 fully saturated rings. The summed E-state index contributed by atoms with van der Waals surface area (Å²) in [6.07, 6.45) is 3.34. The van der Waals surface area contributed by atoms with Gasteiger partial charge in [0.25, 0.3) is 0 Å². The molecule has 2 rings (SSSR count). The van der Waals surface area contributed by atoms with Crippen LogP contribution in [0.4, 0.5) is 0 Å². The molecule has 0 amide bonds. The molecular weight excluding hydrogens is 258 g/mol. The predicted octanol–water partition coefficient (Wildman–Crippen LogP) is 3.99. The first-order valence-electron chi connectivity index (χ1n) is 7.79. The third kappa shape index (κ3) is 6.46. The van der Waals surface area contributed by atoms with Gasteiger partial charge < -0.3 is 10.1 Å². The number of rotatable bonds is 9. The van der Waals surface area contributed by atoms with Crippen molar-refractivity contribution in [2.75, 3.05) is 19.7 Å². The smallest absolute Gasteiger partial charge is 0.119 e. The topological polar surface area (TPSA) is 21.3 Å². The Morgan fingerprint density at radius 3 is 2.57 bits per heavy atom. The average Bonchev–Trinajstić information content (AvgIpc) is 2.51. The van der Waals surface area contributed by atoms with Crippen LogP contribution < -0.4 is 10.1 Å². The van der Waals surface area contributed by atoms with Gasteiger partial charge in [0, 0.05) is 0 Å². The van der Waals surface area contributed by atoms with Crippen molar-refractivity contribution in [3.8, 4) is 5.75 Å². The molecule has 0 saturated carbocycles. The second-order valence-electron chi connectivity index (χ2n) is 5.36. The minimum absolute atomic E-state index is 0.795. The van der Waals surface area contributed by atoms with Crippen molar-refractivity contribution < 1.29 is 4.74 Å². The molecule has 0 aliphatic rings. The molecule has 2 nitrogen and oxygen atoms in total. The summed E-state index contributed by atoms with van der Waals surface area (Å²) in [5.41, 5.74) is 2.64. The van der Waals surface area contributed by atoms with Gasteiger partial charge >= 0.3 is 0 Å². The van der Waals surface area contributed by atoms with Gasteiger partial charge in [0.05, 0.1) is 6.61 Å². The van der Waals surface area contributed by atoms with Crippen molar-refractivity contribution in [3.63, 3.8) is 0 Å². The highest BCUT2D eigenvalue weighted by atomic mass is 16.5. The number of hydrogen-bond donors (Lipinski definition) is 1. The van der Waals surface area contributed by atoms with E-state index in [1.807, 2.05) is 12.1 Å². The van der Waals surface area contributed by atoms with Crippen LogP contribution in [-0.2, 0) is 6.42 Å². The van der Waals surface area contributed by atoms with Crippen LogP contribution in [0.1, 0.15) is 24.0 Å². The highest BCUT2D eigenvalue weighted by Gasteiger charge is 1.95. The van der Waals surface area contributed by atoms with E-state index in [-0.39, 0.29) is 0 Å². The Bertz CT molecular complexity index is 510. The quantitative estimate of drug-likeness (QED) is 0.703. The van der Waals surface area contributed by atoms with Crippen LogP contribution in [0.15, 0.2) is 54.6 Å². The van der Waals surface area contributed by atoms with Gasteiger partial charge in [-0.1, -0.05) is 42.5 Å². The maximum absolute atomic E-state index is 5.73. The van der Waals surface area contributed by atoms with Crippen molar-refractivity contribution in [2.45, 2.75) is 26.2 Å². The van der Waals surface area contributed by atoms with Crippen LogP contribution >= 0.6 is 0 Å². The van der Waals surface area contributed by atoms with Gasteiger partial charge in [0.1, 0.15) is 5.75 Å². The number of aryl methyl sites for hydroxylation is 1. The Morgan fingerprint density at radius 1 is 0.905 bits per heavy atom. The zero-order valence-corrected chi connectivity index (χ0v) is 12.8. The van der Waals surface area contributed by atoms with Gasteiger partial charge in [0.15, 0.2) is 0 Å². The molecule has 2 aromatic carbocycles. The average molecular weight is 283 g/mol. The van der Waals surface area contributed by atoms with E-state index in [1.54, 1.807) is 0 Å². The maximum Gasteiger partial charge on any atom is 0.119 e. The van der Waals surface area contributed by atoms with Crippen molar-refractivity contribution in [3.05, 3.63) is 65.7 Å². The fourth-order valence-electron chi connectivity index (χ4n) is 2.25. The number of unbranched alkanes of at least 4 members (excludes halogenated alkanes) is 1. The molecule has 0 radical (unpaired) electrons. The molecule has 0 bridgehead atoms. The number of ether oxygens (including phenoxy) is 1. The minimum atomic E-state index is 0.795. The molecule has 0 aliphatic heterocycles. The summed E-state index contributed by atoms with van der Waals surface area (Å²) in [5.74, 6) is 0.979. The van der Waals surface area contributed by atoms with E-state index in [2.05, 4.69) is 54.7 Å². The van der Waals surface area contributed by atoms with E-state index in [1.165, 1.54) is 11.1 Å². The first kappa shape index (κ1) is 15.6. The maximum atomic E-state index is 5.73. The molecule has 0 atom stereocenters. The SMILES string of the molecule is Cc1cccc(OCCCCNCCc2ccccc2)c1. The predicted molar refractivity (Wildman–Crippen MR) is 88.9 cm³/mol. The molecule has 0 heterocycles. The van der Waals surface area contributed by atoms with E-state index in [4.69, 9.17) is 4.74 Å². The van der Waals surface area contributed by atoms with E-state index in [9.17, 15) is 0 Å². The van der Waals surface area contributed by atoms with Crippen molar-refractivity contribution in [2.24, 2.45) is 0 Å². The number of benzene rings is 2. The third-order valence-electron chi connectivity index (χ3n) is 3.44. The van der Waals surface area contributed by atoms with Crippen molar-refractivity contribution in [1.29, 1.82) is 0 Å². The lowest BCUT2D eigenvalue weighted by molar-refractivity contribution is 0.305. The lowest BCUT2D eigenvalue weighted by atomic mass is 10.1. The fourth-order valence-corrected chi connectivity index (χ4v) is 2.25. The second kappa shape index (κ2) is 9.19. The van der Waals surface area contributed by atoms with Crippen LogP contribution in [0.3, 0.4) is 0 Å². The largest absolute Gasteiger partial charge is 0.494 e. The highest BCUT2D eigenvalue weighted by Crippen LogP contribution is 2.12. The summed E-state index contributed by atoms with van der Waals surface area (Å²) in [6, 6.07) is 18.8.